The molecule has 0 spiro atoms. The largest absolute Gasteiger partial charge is 0.472 e. The highest BCUT2D eigenvalue weighted by molar-refractivity contribution is 7.47. The van der Waals surface area contributed by atoms with Crippen molar-refractivity contribution in [2.24, 2.45) is 17.8 Å². The van der Waals surface area contributed by atoms with Crippen LogP contribution in [0.4, 0.5) is 0 Å². The maximum atomic E-state index is 13.0. The van der Waals surface area contributed by atoms with Crippen molar-refractivity contribution in [1.29, 1.82) is 0 Å². The summed E-state index contributed by atoms with van der Waals surface area (Å²) in [5.74, 6) is 0.0314. The molecule has 0 aliphatic heterocycles. The number of aliphatic hydroxyl groups excluding tert-OH is 1. The van der Waals surface area contributed by atoms with Crippen LogP contribution in [-0.2, 0) is 65.4 Å². The van der Waals surface area contributed by atoms with Crippen molar-refractivity contribution >= 4 is 39.5 Å². The number of carbonyl (C=O) groups excluding carboxylic acids is 4. The molecule has 5 atom stereocenters. The average molecular weight is 1200 g/mol. The Morgan fingerprint density at radius 2 is 0.568 bits per heavy atom. The van der Waals surface area contributed by atoms with Crippen LogP contribution < -0.4 is 0 Å². The van der Waals surface area contributed by atoms with Gasteiger partial charge in [-0.3, -0.25) is 37.3 Å². The van der Waals surface area contributed by atoms with E-state index in [2.05, 4.69) is 48.5 Å². The van der Waals surface area contributed by atoms with Crippen LogP contribution in [0.2, 0.25) is 0 Å². The van der Waals surface area contributed by atoms with Gasteiger partial charge in [-0.25, -0.2) is 9.13 Å². The first-order valence-corrected chi connectivity index (χ1v) is 35.3. The Kier molecular flexibility index (Phi) is 52.2. The summed E-state index contributed by atoms with van der Waals surface area (Å²) in [6, 6.07) is 0. The van der Waals surface area contributed by atoms with Crippen LogP contribution in [0.15, 0.2) is 0 Å². The number of hydrogen-bond acceptors (Lipinski definition) is 15. The smallest absolute Gasteiger partial charge is 0.462 e. The molecule has 0 saturated carbocycles. The van der Waals surface area contributed by atoms with Crippen LogP contribution >= 0.6 is 15.6 Å². The summed E-state index contributed by atoms with van der Waals surface area (Å²) in [6.45, 7) is 11.6. The third-order valence-corrected chi connectivity index (χ3v) is 16.0. The third kappa shape index (κ3) is 56.9. The van der Waals surface area contributed by atoms with E-state index in [0.29, 0.717) is 31.6 Å². The average Bonchev–Trinajstić information content (AvgIpc) is 3.41. The minimum absolute atomic E-state index is 0.102. The van der Waals surface area contributed by atoms with Crippen LogP contribution in [0.25, 0.3) is 0 Å². The van der Waals surface area contributed by atoms with Gasteiger partial charge in [0.1, 0.15) is 19.3 Å². The molecule has 480 valence electrons. The number of aliphatic hydroxyl groups is 1. The van der Waals surface area contributed by atoms with Crippen molar-refractivity contribution in [2.75, 3.05) is 39.6 Å². The van der Waals surface area contributed by atoms with Crippen LogP contribution in [0, 0.1) is 17.8 Å². The van der Waals surface area contributed by atoms with Crippen molar-refractivity contribution in [3.05, 3.63) is 0 Å². The second kappa shape index (κ2) is 53.5. The highest BCUT2D eigenvalue weighted by atomic mass is 31.2. The van der Waals surface area contributed by atoms with Crippen molar-refractivity contribution in [2.45, 2.75) is 317 Å². The van der Waals surface area contributed by atoms with Gasteiger partial charge >= 0.3 is 39.5 Å². The molecule has 0 aromatic heterocycles. The van der Waals surface area contributed by atoms with Crippen molar-refractivity contribution < 1.29 is 80.2 Å². The topological polar surface area (TPSA) is 237 Å². The quantitative estimate of drug-likeness (QED) is 0.0222. The molecule has 17 nitrogen and oxygen atoms in total. The maximum absolute atomic E-state index is 13.0. The van der Waals surface area contributed by atoms with Crippen LogP contribution in [-0.4, -0.2) is 96.7 Å². The lowest BCUT2D eigenvalue weighted by molar-refractivity contribution is -0.161. The van der Waals surface area contributed by atoms with Crippen LogP contribution in [0.3, 0.4) is 0 Å². The standard InChI is InChI=1S/C62H120O17P2/c1-8-9-10-11-19-29-36-43-59(64)72-49-57(79-62(67)46-39-32-25-18-22-28-35-42-55(6)7)51-76-80(68,69)74-47-56(63)48-75-81(70,71)77-52-58(78-61(66)45-38-31-24-17-13-15-21-27-34-41-54(4)5)50-73-60(65)44-37-30-23-16-12-14-20-26-33-40-53(2)3/h53-58,63H,8-52H2,1-7H3,(H,68,69)(H,70,71)/t56-,57+,58+/m0/s1. The predicted molar refractivity (Wildman–Crippen MR) is 321 cm³/mol. The third-order valence-electron chi connectivity index (χ3n) is 14.1. The molecular weight excluding hydrogens is 1080 g/mol. The van der Waals surface area contributed by atoms with E-state index in [1.165, 1.54) is 96.3 Å². The number of phosphoric ester groups is 2. The molecule has 0 heterocycles. The normalized spacial score (nSPS) is 14.4. The Labute approximate surface area is 492 Å². The second-order valence-corrected chi connectivity index (χ2v) is 26.8. The van der Waals surface area contributed by atoms with Crippen LogP contribution in [0.1, 0.15) is 299 Å². The molecule has 0 aliphatic rings. The number of unbranched alkanes of at least 4 members (excludes halogenated alkanes) is 28. The number of carbonyl (C=O) groups is 4. The van der Waals surface area contributed by atoms with Gasteiger partial charge in [-0.15, -0.1) is 0 Å². The molecule has 0 bridgehead atoms. The summed E-state index contributed by atoms with van der Waals surface area (Å²) in [7, 11) is -9.88. The molecule has 81 heavy (non-hydrogen) atoms. The summed E-state index contributed by atoms with van der Waals surface area (Å²) in [6.07, 6.45) is 33.7. The van der Waals surface area contributed by atoms with Gasteiger partial charge in [-0.2, -0.15) is 0 Å². The molecule has 0 radical (unpaired) electrons. The highest BCUT2D eigenvalue weighted by Crippen LogP contribution is 2.45. The van der Waals surface area contributed by atoms with Gasteiger partial charge in [0.2, 0.25) is 0 Å². The van der Waals surface area contributed by atoms with Gasteiger partial charge in [0, 0.05) is 25.7 Å². The molecule has 0 rings (SSSR count). The monoisotopic (exact) mass is 1200 g/mol. The first-order chi connectivity index (χ1) is 38.7. The Bertz CT molecular complexity index is 1610. The van der Waals surface area contributed by atoms with E-state index in [4.69, 9.17) is 37.0 Å². The number of esters is 4. The van der Waals surface area contributed by atoms with Gasteiger partial charge in [-0.1, -0.05) is 248 Å². The lowest BCUT2D eigenvalue weighted by atomic mass is 10.0. The van der Waals surface area contributed by atoms with E-state index in [0.717, 1.165) is 115 Å². The van der Waals surface area contributed by atoms with Crippen molar-refractivity contribution in [3.63, 3.8) is 0 Å². The zero-order valence-electron chi connectivity index (χ0n) is 52.2. The molecule has 0 aromatic rings. The summed E-state index contributed by atoms with van der Waals surface area (Å²) < 4.78 is 67.8. The zero-order chi connectivity index (χ0) is 60.3. The molecule has 19 heteroatoms. The van der Waals surface area contributed by atoms with E-state index in [1.807, 2.05) is 0 Å². The van der Waals surface area contributed by atoms with Crippen LogP contribution in [0.5, 0.6) is 0 Å². The predicted octanol–water partition coefficient (Wildman–Crippen LogP) is 16.7. The highest BCUT2D eigenvalue weighted by Gasteiger charge is 2.30. The molecule has 0 saturated heterocycles. The van der Waals surface area contributed by atoms with Gasteiger partial charge in [-0.05, 0) is 43.4 Å². The van der Waals surface area contributed by atoms with Gasteiger partial charge in [0.15, 0.2) is 12.2 Å². The molecule has 0 fully saturated rings. The summed E-state index contributed by atoms with van der Waals surface area (Å²) >= 11 is 0. The molecule has 0 aliphatic carbocycles. The molecule has 0 aromatic carbocycles. The number of rotatable bonds is 60. The van der Waals surface area contributed by atoms with Gasteiger partial charge in [0.05, 0.1) is 26.4 Å². The first-order valence-electron chi connectivity index (χ1n) is 32.3. The molecule has 3 N–H and O–H groups in total. The number of hydrogen-bond donors (Lipinski definition) is 3. The second-order valence-electron chi connectivity index (χ2n) is 23.9. The minimum atomic E-state index is -4.94. The van der Waals surface area contributed by atoms with E-state index in [1.54, 1.807) is 0 Å². The van der Waals surface area contributed by atoms with Crippen molar-refractivity contribution in [3.8, 4) is 0 Å². The Morgan fingerprint density at radius 1 is 0.333 bits per heavy atom. The van der Waals surface area contributed by atoms with E-state index < -0.39 is 97.5 Å². The van der Waals surface area contributed by atoms with E-state index >= 15 is 0 Å². The minimum Gasteiger partial charge on any atom is -0.462 e. The number of ether oxygens (including phenoxy) is 4. The summed E-state index contributed by atoms with van der Waals surface area (Å²) in [4.78, 5) is 72.0. The maximum Gasteiger partial charge on any atom is 0.472 e. The molecule has 0 amide bonds. The van der Waals surface area contributed by atoms with Crippen molar-refractivity contribution in [1.82, 2.24) is 0 Å². The van der Waals surface area contributed by atoms with Gasteiger partial charge < -0.3 is 33.8 Å². The summed E-state index contributed by atoms with van der Waals surface area (Å²) in [5.41, 5.74) is 0. The fourth-order valence-corrected chi connectivity index (χ4v) is 10.7. The van der Waals surface area contributed by atoms with Gasteiger partial charge in [0.25, 0.3) is 0 Å². The molecule has 2 unspecified atom stereocenters. The Morgan fingerprint density at radius 3 is 0.840 bits per heavy atom. The first kappa shape index (κ1) is 79.1. The lowest BCUT2D eigenvalue weighted by Crippen LogP contribution is -2.30. The fourth-order valence-electron chi connectivity index (χ4n) is 9.13. The SMILES string of the molecule is CCCCCCCCCC(=O)OC[C@H](COP(=O)(O)OC[C@H](O)COP(=O)(O)OC[C@@H](COC(=O)CCCCCCCCCCCC(C)C)OC(=O)CCCCCCCCCCCC(C)C)OC(=O)CCCCCCCCCC(C)C. The molecular formula is C62H120O17P2. The Hall–Kier alpha value is -1.94. The van der Waals surface area contributed by atoms with E-state index in [-0.39, 0.29) is 25.7 Å². The fraction of sp³-hybridized carbons (Fsp3) is 0.935. The summed E-state index contributed by atoms with van der Waals surface area (Å²) in [5, 5.41) is 10.5. The zero-order valence-corrected chi connectivity index (χ0v) is 54.0. The number of phosphoric acid groups is 2. The Balaban J connectivity index is 5.23. The lowest BCUT2D eigenvalue weighted by Gasteiger charge is -2.21. The van der Waals surface area contributed by atoms with E-state index in [9.17, 15) is 43.2 Å².